The first kappa shape index (κ1) is 16.7. The van der Waals surface area contributed by atoms with E-state index in [4.69, 9.17) is 14.2 Å². The van der Waals surface area contributed by atoms with Crippen LogP contribution < -0.4 is 10.1 Å². The number of carbonyl (C=O) groups is 2. The first-order valence-electron chi connectivity index (χ1n) is 6.92. The number of hydrogen-bond donors (Lipinski definition) is 1. The van der Waals surface area contributed by atoms with E-state index in [-0.39, 0.29) is 17.1 Å². The van der Waals surface area contributed by atoms with Gasteiger partial charge in [-0.1, -0.05) is 0 Å². The zero-order valence-corrected chi connectivity index (χ0v) is 12.4. The average Bonchev–Trinajstić information content (AvgIpc) is 3.07. The van der Waals surface area contributed by atoms with Crippen molar-refractivity contribution in [2.45, 2.75) is 18.9 Å². The molecule has 2 rings (SSSR count). The minimum absolute atomic E-state index is 0.137. The predicted molar refractivity (Wildman–Crippen MR) is 78.2 cm³/mol. The van der Waals surface area contributed by atoms with Crippen molar-refractivity contribution < 1.29 is 28.7 Å². The molecule has 1 aromatic carbocycles. The normalized spacial score (nSPS) is 16.7. The molecule has 1 N–H and O–H groups in total. The number of benzene rings is 1. The lowest BCUT2D eigenvalue weighted by atomic mass is 10.2. The smallest absolute Gasteiger partial charge is 0.335 e. The largest absolute Gasteiger partial charge is 0.494 e. The van der Waals surface area contributed by atoms with Crippen LogP contribution in [0.2, 0.25) is 0 Å². The Morgan fingerprint density at radius 3 is 2.87 bits per heavy atom. The lowest BCUT2D eigenvalue weighted by Crippen LogP contribution is -2.27. The number of nitrogens with zero attached hydrogens (tertiary/aromatic N) is 1. The highest BCUT2D eigenvalue weighted by Gasteiger charge is 2.25. The Kier molecular flexibility index (Phi) is 5.47. The van der Waals surface area contributed by atoms with Gasteiger partial charge in [-0.3, -0.25) is 14.9 Å². The van der Waals surface area contributed by atoms with E-state index in [0.29, 0.717) is 13.0 Å². The molecule has 9 heteroatoms. The summed E-state index contributed by atoms with van der Waals surface area (Å²) in [5.41, 5.74) is 0.0842. The maximum atomic E-state index is 11.8. The van der Waals surface area contributed by atoms with Crippen molar-refractivity contribution in [1.82, 2.24) is 0 Å². The van der Waals surface area contributed by atoms with Crippen LogP contribution in [0.5, 0.6) is 5.75 Å². The molecule has 0 unspecified atom stereocenters. The van der Waals surface area contributed by atoms with Gasteiger partial charge in [-0.15, -0.1) is 0 Å². The molecular formula is C14H16N2O7. The van der Waals surface area contributed by atoms with Crippen LogP contribution in [-0.4, -0.2) is 43.2 Å². The van der Waals surface area contributed by atoms with Crippen LogP contribution in [0, 0.1) is 10.1 Å². The number of esters is 1. The topological polar surface area (TPSA) is 117 Å². The standard InChI is InChI=1S/C14H16N2O7/c1-21-12-7-9(16(19)20)4-5-10(12)15-13(17)8-23-14(18)11-3-2-6-22-11/h4-5,7,11H,2-3,6,8H2,1H3,(H,15,17)/t11-/m0/s1. The van der Waals surface area contributed by atoms with Crippen molar-refractivity contribution in [3.05, 3.63) is 28.3 Å². The van der Waals surface area contributed by atoms with Crippen LogP contribution in [0.3, 0.4) is 0 Å². The number of nitro benzene ring substituents is 1. The molecule has 1 fully saturated rings. The Morgan fingerprint density at radius 1 is 1.48 bits per heavy atom. The summed E-state index contributed by atoms with van der Waals surface area (Å²) in [4.78, 5) is 33.5. The van der Waals surface area contributed by atoms with E-state index in [9.17, 15) is 19.7 Å². The fourth-order valence-electron chi connectivity index (χ4n) is 2.08. The fourth-order valence-corrected chi connectivity index (χ4v) is 2.08. The SMILES string of the molecule is COc1cc([N+](=O)[O-])ccc1NC(=O)COC(=O)[C@@H]1CCCO1. The van der Waals surface area contributed by atoms with Gasteiger partial charge in [-0.25, -0.2) is 4.79 Å². The molecule has 1 aromatic rings. The highest BCUT2D eigenvalue weighted by molar-refractivity contribution is 5.94. The summed E-state index contributed by atoms with van der Waals surface area (Å²) in [7, 11) is 1.33. The minimum atomic E-state index is -0.614. The molecule has 0 aliphatic carbocycles. The minimum Gasteiger partial charge on any atom is -0.494 e. The maximum absolute atomic E-state index is 11.8. The second-order valence-electron chi connectivity index (χ2n) is 4.80. The third-order valence-corrected chi connectivity index (χ3v) is 3.21. The zero-order chi connectivity index (χ0) is 16.8. The Bertz CT molecular complexity index is 611. The Hall–Kier alpha value is -2.68. The van der Waals surface area contributed by atoms with Crippen LogP contribution in [0.25, 0.3) is 0 Å². The summed E-state index contributed by atoms with van der Waals surface area (Å²) < 4.78 is 15.0. The number of nitrogens with one attached hydrogen (secondary N) is 1. The molecule has 0 saturated carbocycles. The van der Waals surface area contributed by atoms with Crippen LogP contribution in [0.15, 0.2) is 18.2 Å². The van der Waals surface area contributed by atoms with Gasteiger partial charge in [0.15, 0.2) is 12.7 Å². The number of methoxy groups -OCH3 is 1. The summed E-state index contributed by atoms with van der Waals surface area (Å²) in [5.74, 6) is -1.02. The molecule has 1 aliphatic rings. The summed E-state index contributed by atoms with van der Waals surface area (Å²) in [6.07, 6.45) is 0.750. The number of amides is 1. The first-order chi connectivity index (χ1) is 11.0. The van der Waals surface area contributed by atoms with Gasteiger partial charge in [0, 0.05) is 12.7 Å². The highest BCUT2D eigenvalue weighted by atomic mass is 16.6. The van der Waals surface area contributed by atoms with Crippen LogP contribution in [-0.2, 0) is 19.1 Å². The number of rotatable bonds is 6. The molecule has 0 bridgehead atoms. The van der Waals surface area contributed by atoms with Crippen LogP contribution in [0.1, 0.15) is 12.8 Å². The van der Waals surface area contributed by atoms with E-state index < -0.39 is 29.5 Å². The summed E-state index contributed by atoms with van der Waals surface area (Å²) in [5, 5.41) is 13.2. The van der Waals surface area contributed by atoms with E-state index in [1.807, 2.05) is 0 Å². The molecule has 1 heterocycles. The molecule has 0 radical (unpaired) electrons. The average molecular weight is 324 g/mol. The Labute approximate surface area is 131 Å². The second kappa shape index (κ2) is 7.54. The van der Waals surface area contributed by atoms with Crippen LogP contribution >= 0.6 is 0 Å². The number of nitro groups is 1. The van der Waals surface area contributed by atoms with Gasteiger partial charge in [0.05, 0.1) is 23.8 Å². The second-order valence-corrected chi connectivity index (χ2v) is 4.80. The highest BCUT2D eigenvalue weighted by Crippen LogP contribution is 2.28. The number of hydrogen-bond acceptors (Lipinski definition) is 7. The van der Waals surface area contributed by atoms with Crippen molar-refractivity contribution in [3.8, 4) is 5.75 Å². The quantitative estimate of drug-likeness (QED) is 0.475. The summed E-state index contributed by atoms with van der Waals surface area (Å²) in [6, 6.07) is 3.77. The van der Waals surface area contributed by atoms with Gasteiger partial charge in [-0.05, 0) is 18.9 Å². The van der Waals surface area contributed by atoms with Crippen molar-refractivity contribution >= 4 is 23.3 Å². The molecule has 1 atom stereocenters. The molecule has 23 heavy (non-hydrogen) atoms. The number of anilines is 1. The predicted octanol–water partition coefficient (Wildman–Crippen LogP) is 1.26. The summed E-state index contributed by atoms with van der Waals surface area (Å²) >= 11 is 0. The van der Waals surface area contributed by atoms with Crippen molar-refractivity contribution in [2.24, 2.45) is 0 Å². The van der Waals surface area contributed by atoms with Gasteiger partial charge in [-0.2, -0.15) is 0 Å². The van der Waals surface area contributed by atoms with E-state index >= 15 is 0 Å². The fraction of sp³-hybridized carbons (Fsp3) is 0.429. The molecular weight excluding hydrogens is 308 g/mol. The molecule has 1 aliphatic heterocycles. The first-order valence-corrected chi connectivity index (χ1v) is 6.92. The van der Waals surface area contributed by atoms with E-state index in [1.54, 1.807) is 0 Å². The molecule has 0 spiro atoms. The van der Waals surface area contributed by atoms with Crippen molar-refractivity contribution in [3.63, 3.8) is 0 Å². The van der Waals surface area contributed by atoms with Crippen molar-refractivity contribution in [2.75, 3.05) is 25.6 Å². The number of non-ortho nitro benzene ring substituents is 1. The molecule has 0 aromatic heterocycles. The third kappa shape index (κ3) is 4.39. The Balaban J connectivity index is 1.91. The molecule has 9 nitrogen and oxygen atoms in total. The van der Waals surface area contributed by atoms with Gasteiger partial charge < -0.3 is 19.5 Å². The van der Waals surface area contributed by atoms with Gasteiger partial charge in [0.1, 0.15) is 5.75 Å². The maximum Gasteiger partial charge on any atom is 0.335 e. The van der Waals surface area contributed by atoms with Gasteiger partial charge in [0.2, 0.25) is 0 Å². The van der Waals surface area contributed by atoms with Crippen molar-refractivity contribution in [1.29, 1.82) is 0 Å². The summed E-state index contributed by atoms with van der Waals surface area (Å²) in [6.45, 7) is 0.0325. The van der Waals surface area contributed by atoms with Gasteiger partial charge >= 0.3 is 5.97 Å². The zero-order valence-electron chi connectivity index (χ0n) is 12.4. The van der Waals surface area contributed by atoms with E-state index in [1.165, 1.54) is 25.3 Å². The third-order valence-electron chi connectivity index (χ3n) is 3.21. The molecule has 1 amide bonds. The lowest BCUT2D eigenvalue weighted by molar-refractivity contribution is -0.384. The molecule has 1 saturated heterocycles. The van der Waals surface area contributed by atoms with E-state index in [0.717, 1.165) is 6.42 Å². The number of ether oxygens (including phenoxy) is 3. The van der Waals surface area contributed by atoms with Crippen LogP contribution in [0.4, 0.5) is 11.4 Å². The molecule has 124 valence electrons. The number of carbonyl (C=O) groups excluding carboxylic acids is 2. The van der Waals surface area contributed by atoms with Gasteiger partial charge in [0.25, 0.3) is 11.6 Å². The van der Waals surface area contributed by atoms with E-state index in [2.05, 4.69) is 5.32 Å². The lowest BCUT2D eigenvalue weighted by Gasteiger charge is -2.11. The monoisotopic (exact) mass is 324 g/mol. The Morgan fingerprint density at radius 2 is 2.26 bits per heavy atom.